The van der Waals surface area contributed by atoms with E-state index in [1.807, 2.05) is 18.3 Å². The summed E-state index contributed by atoms with van der Waals surface area (Å²) >= 11 is 0. The van der Waals surface area contributed by atoms with Crippen LogP contribution in [0.2, 0.25) is 0 Å². The number of rotatable bonds is 7. The number of pyridine rings is 1. The van der Waals surface area contributed by atoms with Crippen molar-refractivity contribution in [1.29, 1.82) is 0 Å². The van der Waals surface area contributed by atoms with E-state index in [1.54, 1.807) is 47.0 Å². The van der Waals surface area contributed by atoms with Gasteiger partial charge >= 0.3 is 5.76 Å². The number of H-pyrrole nitrogens is 1. The van der Waals surface area contributed by atoms with Gasteiger partial charge in [0.05, 0.1) is 54.2 Å². The van der Waals surface area contributed by atoms with Gasteiger partial charge in [0, 0.05) is 56.9 Å². The molecule has 7 rings (SSSR count). The van der Waals surface area contributed by atoms with Gasteiger partial charge in [-0.2, -0.15) is 5.10 Å². The van der Waals surface area contributed by atoms with Crippen molar-refractivity contribution in [2.75, 3.05) is 51.8 Å². The zero-order valence-electron chi connectivity index (χ0n) is 21.1. The highest BCUT2D eigenvalue weighted by molar-refractivity contribution is 5.94. The standard InChI is InChI=1S/C26H25N9O4/c1-37-23-12-19-22(39-26(36)31-19)13-21(23)35-20-11-18(16-15-30-34-5-2-3-28-25(16)34)29-14-17(20)24(32-35)27-4-6-33-7-9-38-10-8-33/h2-3,5,11-15H,4,6-10H2,1H3,(H,27,32)(H,31,36). The molecule has 198 valence electrons. The van der Waals surface area contributed by atoms with Gasteiger partial charge in [-0.15, -0.1) is 5.10 Å². The second-order valence-electron chi connectivity index (χ2n) is 9.21. The van der Waals surface area contributed by atoms with Crippen LogP contribution >= 0.6 is 0 Å². The number of benzene rings is 1. The maximum absolute atomic E-state index is 11.9. The van der Waals surface area contributed by atoms with Gasteiger partial charge in [0.2, 0.25) is 0 Å². The lowest BCUT2D eigenvalue weighted by atomic mass is 10.2. The molecule has 0 aliphatic carbocycles. The van der Waals surface area contributed by atoms with Crippen LogP contribution in [0.5, 0.6) is 5.75 Å². The molecule has 0 saturated carbocycles. The van der Waals surface area contributed by atoms with Gasteiger partial charge in [-0.05, 0) is 12.1 Å². The van der Waals surface area contributed by atoms with Crippen molar-refractivity contribution < 1.29 is 13.9 Å². The number of hydrogen-bond donors (Lipinski definition) is 2. The molecule has 1 aromatic carbocycles. The lowest BCUT2D eigenvalue weighted by Gasteiger charge is -2.26. The summed E-state index contributed by atoms with van der Waals surface area (Å²) < 4.78 is 20.0. The summed E-state index contributed by atoms with van der Waals surface area (Å²) in [6, 6.07) is 7.25. The molecule has 0 atom stereocenters. The Labute approximate surface area is 221 Å². The van der Waals surface area contributed by atoms with E-state index in [0.29, 0.717) is 46.2 Å². The van der Waals surface area contributed by atoms with Crippen LogP contribution in [0.3, 0.4) is 0 Å². The third-order valence-electron chi connectivity index (χ3n) is 6.89. The molecular formula is C26H25N9O4. The minimum Gasteiger partial charge on any atom is -0.494 e. The molecule has 1 aliphatic heterocycles. The van der Waals surface area contributed by atoms with Crippen molar-refractivity contribution >= 4 is 33.5 Å². The molecule has 0 bridgehead atoms. The Balaban J connectivity index is 1.35. The van der Waals surface area contributed by atoms with Crippen LogP contribution < -0.4 is 15.8 Å². The Kier molecular flexibility index (Phi) is 5.71. The maximum atomic E-state index is 11.9. The molecule has 1 fully saturated rings. The van der Waals surface area contributed by atoms with Gasteiger partial charge in [0.25, 0.3) is 0 Å². The highest BCUT2D eigenvalue weighted by Gasteiger charge is 2.20. The molecule has 0 spiro atoms. The number of hydrogen-bond acceptors (Lipinski definition) is 10. The van der Waals surface area contributed by atoms with Gasteiger partial charge in [-0.1, -0.05) is 0 Å². The van der Waals surface area contributed by atoms with E-state index in [-0.39, 0.29) is 0 Å². The smallest absolute Gasteiger partial charge is 0.417 e. The number of anilines is 1. The van der Waals surface area contributed by atoms with Crippen LogP contribution in [0.1, 0.15) is 0 Å². The van der Waals surface area contributed by atoms with E-state index in [0.717, 1.165) is 49.3 Å². The van der Waals surface area contributed by atoms with Crippen molar-refractivity contribution in [3.63, 3.8) is 0 Å². The van der Waals surface area contributed by atoms with Crippen molar-refractivity contribution in [2.24, 2.45) is 0 Å². The van der Waals surface area contributed by atoms with Crippen LogP contribution in [0, 0.1) is 0 Å². The van der Waals surface area contributed by atoms with Crippen LogP contribution in [0.4, 0.5) is 5.82 Å². The summed E-state index contributed by atoms with van der Waals surface area (Å²) in [6.07, 6.45) is 7.12. The van der Waals surface area contributed by atoms with Crippen LogP contribution in [-0.2, 0) is 4.74 Å². The number of methoxy groups -OCH3 is 1. The van der Waals surface area contributed by atoms with E-state index in [2.05, 4.69) is 25.3 Å². The van der Waals surface area contributed by atoms with Crippen LogP contribution in [0.25, 0.3) is 44.6 Å². The Hall–Kier alpha value is -4.75. The topological polar surface area (TPSA) is 141 Å². The molecule has 2 N–H and O–H groups in total. The molecule has 39 heavy (non-hydrogen) atoms. The number of fused-ring (bicyclic) bond motifs is 3. The zero-order valence-corrected chi connectivity index (χ0v) is 21.1. The van der Waals surface area contributed by atoms with Gasteiger partial charge in [-0.25, -0.2) is 19.0 Å². The number of nitrogens with one attached hydrogen (secondary N) is 2. The normalized spacial score (nSPS) is 14.5. The van der Waals surface area contributed by atoms with Crippen LogP contribution in [-0.4, -0.2) is 85.7 Å². The fraction of sp³-hybridized carbons (Fsp3) is 0.269. The molecule has 5 aromatic heterocycles. The lowest BCUT2D eigenvalue weighted by Crippen LogP contribution is -2.39. The quantitative estimate of drug-likeness (QED) is 0.318. The van der Waals surface area contributed by atoms with Crippen molar-refractivity contribution in [2.45, 2.75) is 0 Å². The number of nitrogens with zero attached hydrogens (tertiary/aromatic N) is 7. The van der Waals surface area contributed by atoms with Crippen molar-refractivity contribution in [3.05, 3.63) is 59.6 Å². The second-order valence-corrected chi connectivity index (χ2v) is 9.21. The Morgan fingerprint density at radius 2 is 2.05 bits per heavy atom. The van der Waals surface area contributed by atoms with Gasteiger partial charge in [0.1, 0.15) is 11.4 Å². The van der Waals surface area contributed by atoms with E-state index >= 15 is 0 Å². The maximum Gasteiger partial charge on any atom is 0.417 e. The Bertz CT molecular complexity index is 1860. The summed E-state index contributed by atoms with van der Waals surface area (Å²) in [4.78, 5) is 26.1. The van der Waals surface area contributed by atoms with E-state index in [4.69, 9.17) is 24.0 Å². The molecule has 1 saturated heterocycles. The van der Waals surface area contributed by atoms with Gasteiger partial charge in [0.15, 0.2) is 17.0 Å². The summed E-state index contributed by atoms with van der Waals surface area (Å²) in [5.41, 5.74) is 4.56. The van der Waals surface area contributed by atoms with Crippen molar-refractivity contribution in [3.8, 4) is 22.7 Å². The summed E-state index contributed by atoms with van der Waals surface area (Å²) in [7, 11) is 1.58. The predicted molar refractivity (Wildman–Crippen MR) is 144 cm³/mol. The average Bonchev–Trinajstić information content (AvgIpc) is 3.66. The minimum absolute atomic E-state index is 0.405. The molecule has 13 nitrogen and oxygen atoms in total. The fourth-order valence-corrected chi connectivity index (χ4v) is 4.93. The molecule has 1 aliphatic rings. The lowest BCUT2D eigenvalue weighted by molar-refractivity contribution is 0.0398. The first-order chi connectivity index (χ1) is 19.2. The van der Waals surface area contributed by atoms with E-state index in [1.165, 1.54) is 0 Å². The average molecular weight is 528 g/mol. The summed E-state index contributed by atoms with van der Waals surface area (Å²) in [6.45, 7) is 4.89. The van der Waals surface area contributed by atoms with E-state index < -0.39 is 5.76 Å². The zero-order chi connectivity index (χ0) is 26.3. The molecule has 0 amide bonds. The van der Waals surface area contributed by atoms with Gasteiger partial charge < -0.3 is 19.2 Å². The number of ether oxygens (including phenoxy) is 2. The summed E-state index contributed by atoms with van der Waals surface area (Å²) in [5.74, 6) is 0.680. The SMILES string of the molecule is COc1cc2[nH]c(=O)oc2cc1-n1nc(NCCN2CCOCC2)c2cnc(-c3cnn4cccnc34)cc21. The first-order valence-electron chi connectivity index (χ1n) is 12.6. The Morgan fingerprint density at radius 1 is 1.15 bits per heavy atom. The molecule has 13 heteroatoms. The number of morpholine rings is 1. The van der Waals surface area contributed by atoms with Crippen LogP contribution in [0.15, 0.2) is 58.3 Å². The Morgan fingerprint density at radius 3 is 2.92 bits per heavy atom. The third kappa shape index (κ3) is 4.17. The van der Waals surface area contributed by atoms with Gasteiger partial charge in [-0.3, -0.25) is 14.9 Å². The first-order valence-corrected chi connectivity index (χ1v) is 12.6. The molecule has 0 radical (unpaired) electrons. The predicted octanol–water partition coefficient (Wildman–Crippen LogP) is 2.32. The first kappa shape index (κ1) is 23.4. The molecule has 6 aromatic rings. The van der Waals surface area contributed by atoms with Crippen molar-refractivity contribution in [1.82, 2.24) is 39.2 Å². The second kappa shape index (κ2) is 9.53. The van der Waals surface area contributed by atoms with E-state index in [9.17, 15) is 4.79 Å². The fourth-order valence-electron chi connectivity index (χ4n) is 4.93. The largest absolute Gasteiger partial charge is 0.494 e. The summed E-state index contributed by atoms with van der Waals surface area (Å²) in [5, 5.41) is 13.7. The third-order valence-corrected chi connectivity index (χ3v) is 6.89. The molecule has 0 unspecified atom stereocenters. The number of aromatic nitrogens is 7. The molecule has 6 heterocycles. The highest BCUT2D eigenvalue weighted by atomic mass is 16.5. The monoisotopic (exact) mass is 527 g/mol. The minimum atomic E-state index is -0.535. The number of aromatic amines is 1. The number of oxazole rings is 1. The molecular weight excluding hydrogens is 502 g/mol. The highest BCUT2D eigenvalue weighted by Crippen LogP contribution is 2.34.